The first kappa shape index (κ1) is 15.3. The van der Waals surface area contributed by atoms with Gasteiger partial charge >= 0.3 is 0 Å². The van der Waals surface area contributed by atoms with E-state index in [0.717, 1.165) is 29.5 Å². The number of hydrogen-bond acceptors (Lipinski definition) is 3. The first-order chi connectivity index (χ1) is 9.69. The quantitative estimate of drug-likeness (QED) is 0.757. The highest BCUT2D eigenvalue weighted by molar-refractivity contribution is 9.10. The van der Waals surface area contributed by atoms with Crippen molar-refractivity contribution in [3.05, 3.63) is 51.7 Å². The van der Waals surface area contributed by atoms with Gasteiger partial charge in [0, 0.05) is 22.2 Å². The number of nitrogens with zero attached hydrogens (tertiary/aromatic N) is 1. The monoisotopic (exact) mass is 354 g/mol. The number of nitrogens with one attached hydrogen (secondary N) is 1. The van der Waals surface area contributed by atoms with Crippen molar-refractivity contribution in [2.75, 3.05) is 6.54 Å². The molecule has 0 unspecified atom stereocenters. The standard InChI is InChI=1S/C15H16BrClN2O/c1-2-5-18-8-11-3-4-13(7-15(11)17)20-14-6-12(16)9-19-10-14/h3-4,6-7,9-10,18H,2,5,8H2,1H3. The Balaban J connectivity index is 2.05. The molecule has 2 aromatic rings. The van der Waals surface area contributed by atoms with E-state index in [1.807, 2.05) is 24.3 Å². The Kier molecular flexibility index (Phi) is 5.83. The van der Waals surface area contributed by atoms with E-state index in [1.165, 1.54) is 0 Å². The third kappa shape index (κ3) is 4.47. The largest absolute Gasteiger partial charge is 0.456 e. The third-order valence-electron chi connectivity index (χ3n) is 2.68. The van der Waals surface area contributed by atoms with Crippen molar-refractivity contribution in [3.63, 3.8) is 0 Å². The Hall–Kier alpha value is -1.10. The minimum absolute atomic E-state index is 0.673. The molecule has 0 aliphatic rings. The number of pyridine rings is 1. The van der Waals surface area contributed by atoms with Crippen molar-refractivity contribution < 1.29 is 4.74 Å². The molecule has 0 saturated heterocycles. The number of ether oxygens (including phenoxy) is 1. The van der Waals surface area contributed by atoms with Gasteiger partial charge < -0.3 is 10.1 Å². The predicted molar refractivity (Wildman–Crippen MR) is 85.5 cm³/mol. The summed E-state index contributed by atoms with van der Waals surface area (Å²) in [6.45, 7) is 3.89. The van der Waals surface area contributed by atoms with E-state index < -0.39 is 0 Å². The molecule has 1 heterocycles. The summed E-state index contributed by atoms with van der Waals surface area (Å²) in [6.07, 6.45) is 4.48. The van der Waals surface area contributed by atoms with Crippen LogP contribution in [0.25, 0.3) is 0 Å². The highest BCUT2D eigenvalue weighted by atomic mass is 79.9. The zero-order chi connectivity index (χ0) is 14.4. The second-order valence-corrected chi connectivity index (χ2v) is 5.69. The summed E-state index contributed by atoms with van der Waals surface area (Å²) in [5, 5.41) is 4.03. The van der Waals surface area contributed by atoms with E-state index in [0.29, 0.717) is 16.5 Å². The molecular formula is C15H16BrClN2O. The van der Waals surface area contributed by atoms with Gasteiger partial charge in [0.2, 0.25) is 0 Å². The summed E-state index contributed by atoms with van der Waals surface area (Å²) in [5.41, 5.74) is 1.07. The molecule has 0 aliphatic carbocycles. The van der Waals surface area contributed by atoms with Crippen LogP contribution in [0.2, 0.25) is 5.02 Å². The van der Waals surface area contributed by atoms with Gasteiger partial charge in [0.25, 0.3) is 0 Å². The summed E-state index contributed by atoms with van der Waals surface area (Å²) < 4.78 is 6.60. The van der Waals surface area contributed by atoms with Crippen LogP contribution in [-0.4, -0.2) is 11.5 Å². The first-order valence-corrected chi connectivity index (χ1v) is 7.63. The summed E-state index contributed by atoms with van der Waals surface area (Å²) in [4.78, 5) is 4.06. The molecule has 0 radical (unpaired) electrons. The first-order valence-electron chi connectivity index (χ1n) is 6.46. The van der Waals surface area contributed by atoms with Crippen LogP contribution >= 0.6 is 27.5 Å². The lowest BCUT2D eigenvalue weighted by atomic mass is 10.2. The molecule has 0 saturated carbocycles. The van der Waals surface area contributed by atoms with Gasteiger partial charge in [0.15, 0.2) is 0 Å². The minimum atomic E-state index is 0.673. The lowest BCUT2D eigenvalue weighted by molar-refractivity contribution is 0.479. The topological polar surface area (TPSA) is 34.1 Å². The molecule has 1 N–H and O–H groups in total. The van der Waals surface area contributed by atoms with Crippen molar-refractivity contribution in [2.24, 2.45) is 0 Å². The van der Waals surface area contributed by atoms with E-state index in [-0.39, 0.29) is 0 Å². The second-order valence-electron chi connectivity index (χ2n) is 4.37. The molecular weight excluding hydrogens is 340 g/mol. The smallest absolute Gasteiger partial charge is 0.146 e. The van der Waals surface area contributed by atoms with Gasteiger partial charge in [0.05, 0.1) is 6.20 Å². The maximum absolute atomic E-state index is 6.26. The van der Waals surface area contributed by atoms with Crippen LogP contribution in [0.3, 0.4) is 0 Å². The zero-order valence-corrected chi connectivity index (χ0v) is 13.5. The molecule has 3 nitrogen and oxygen atoms in total. The summed E-state index contributed by atoms with van der Waals surface area (Å²) in [6, 6.07) is 7.57. The highest BCUT2D eigenvalue weighted by Gasteiger charge is 2.04. The number of aromatic nitrogens is 1. The Morgan fingerprint density at radius 1 is 1.25 bits per heavy atom. The molecule has 0 bridgehead atoms. The van der Waals surface area contributed by atoms with Gasteiger partial charge in [-0.15, -0.1) is 0 Å². The SMILES string of the molecule is CCCNCc1ccc(Oc2cncc(Br)c2)cc1Cl. The second kappa shape index (κ2) is 7.62. The fraction of sp³-hybridized carbons (Fsp3) is 0.267. The van der Waals surface area contributed by atoms with Crippen LogP contribution in [0.5, 0.6) is 11.5 Å². The average Bonchev–Trinajstić information content (AvgIpc) is 2.41. The van der Waals surface area contributed by atoms with Crippen LogP contribution in [0.4, 0.5) is 0 Å². The lowest BCUT2D eigenvalue weighted by Gasteiger charge is -2.09. The Labute approximate surface area is 132 Å². The highest BCUT2D eigenvalue weighted by Crippen LogP contribution is 2.27. The molecule has 0 spiro atoms. The van der Waals surface area contributed by atoms with Crippen molar-refractivity contribution in [3.8, 4) is 11.5 Å². The van der Waals surface area contributed by atoms with Gasteiger partial charge in [-0.25, -0.2) is 0 Å². The minimum Gasteiger partial charge on any atom is -0.456 e. The molecule has 5 heteroatoms. The zero-order valence-electron chi connectivity index (χ0n) is 11.2. The molecule has 20 heavy (non-hydrogen) atoms. The van der Waals surface area contributed by atoms with Gasteiger partial charge in [-0.05, 0) is 52.7 Å². The van der Waals surface area contributed by atoms with Crippen LogP contribution in [0.1, 0.15) is 18.9 Å². The van der Waals surface area contributed by atoms with E-state index in [2.05, 4.69) is 33.2 Å². The van der Waals surface area contributed by atoms with Gasteiger partial charge in [-0.2, -0.15) is 0 Å². The van der Waals surface area contributed by atoms with Crippen molar-refractivity contribution >= 4 is 27.5 Å². The van der Waals surface area contributed by atoms with E-state index >= 15 is 0 Å². The van der Waals surface area contributed by atoms with Gasteiger partial charge in [-0.3, -0.25) is 4.98 Å². The molecule has 0 atom stereocenters. The Morgan fingerprint density at radius 2 is 2.10 bits per heavy atom. The van der Waals surface area contributed by atoms with E-state index in [1.54, 1.807) is 12.4 Å². The molecule has 2 rings (SSSR count). The Bertz CT molecular complexity index is 578. The van der Waals surface area contributed by atoms with Crippen molar-refractivity contribution in [1.29, 1.82) is 0 Å². The van der Waals surface area contributed by atoms with Crippen molar-refractivity contribution in [2.45, 2.75) is 19.9 Å². The fourth-order valence-electron chi connectivity index (χ4n) is 1.72. The number of rotatable bonds is 6. The molecule has 1 aromatic heterocycles. The third-order valence-corrected chi connectivity index (χ3v) is 3.47. The summed E-state index contributed by atoms with van der Waals surface area (Å²) in [5.74, 6) is 1.38. The number of hydrogen-bond donors (Lipinski definition) is 1. The average molecular weight is 356 g/mol. The normalized spacial score (nSPS) is 10.6. The molecule has 0 fully saturated rings. The van der Waals surface area contributed by atoms with E-state index in [9.17, 15) is 0 Å². The molecule has 0 aliphatic heterocycles. The van der Waals surface area contributed by atoms with Crippen LogP contribution in [0, 0.1) is 0 Å². The van der Waals surface area contributed by atoms with Gasteiger partial charge in [-0.1, -0.05) is 24.6 Å². The summed E-state index contributed by atoms with van der Waals surface area (Å²) >= 11 is 9.62. The molecule has 106 valence electrons. The maximum Gasteiger partial charge on any atom is 0.146 e. The maximum atomic E-state index is 6.26. The van der Waals surface area contributed by atoms with E-state index in [4.69, 9.17) is 16.3 Å². The van der Waals surface area contributed by atoms with Gasteiger partial charge in [0.1, 0.15) is 11.5 Å². The number of benzene rings is 1. The van der Waals surface area contributed by atoms with Crippen LogP contribution in [0.15, 0.2) is 41.1 Å². The van der Waals surface area contributed by atoms with Crippen LogP contribution < -0.4 is 10.1 Å². The summed E-state index contributed by atoms with van der Waals surface area (Å²) in [7, 11) is 0. The Morgan fingerprint density at radius 3 is 2.80 bits per heavy atom. The molecule has 0 amide bonds. The number of halogens is 2. The van der Waals surface area contributed by atoms with Crippen molar-refractivity contribution in [1.82, 2.24) is 10.3 Å². The molecule has 1 aromatic carbocycles. The van der Waals surface area contributed by atoms with Crippen LogP contribution in [-0.2, 0) is 6.54 Å². The fourth-order valence-corrected chi connectivity index (χ4v) is 2.30. The lowest BCUT2D eigenvalue weighted by Crippen LogP contribution is -2.13. The predicted octanol–water partition coefficient (Wildman–Crippen LogP) is 4.79.